The Bertz CT molecular complexity index is 1070. The number of benzene rings is 1. The molecule has 0 aliphatic rings. The van der Waals surface area contributed by atoms with E-state index < -0.39 is 0 Å². The predicted molar refractivity (Wildman–Crippen MR) is 95.5 cm³/mol. The number of H-pyrrole nitrogens is 1. The van der Waals surface area contributed by atoms with Crippen LogP contribution in [0.15, 0.2) is 55.4 Å². The summed E-state index contributed by atoms with van der Waals surface area (Å²) in [5.41, 5.74) is 1.76. The maximum atomic E-state index is 12.5. The Morgan fingerprint density at radius 2 is 2.11 bits per heavy atom. The molecule has 1 amide bonds. The first-order valence-electron chi connectivity index (χ1n) is 7.91. The zero-order valence-electron chi connectivity index (χ0n) is 14.2. The third-order valence-corrected chi connectivity index (χ3v) is 3.74. The minimum absolute atomic E-state index is 0.300. The van der Waals surface area contributed by atoms with Crippen LogP contribution in [0.3, 0.4) is 0 Å². The molecule has 134 valence electrons. The van der Waals surface area contributed by atoms with E-state index in [9.17, 15) is 4.79 Å². The molecule has 10 nitrogen and oxygen atoms in total. The topological polar surface area (TPSA) is 123 Å². The molecular formula is C17H14N8O2. The molecule has 0 aliphatic heterocycles. The van der Waals surface area contributed by atoms with Gasteiger partial charge in [-0.15, -0.1) is 0 Å². The van der Waals surface area contributed by atoms with Crippen molar-refractivity contribution in [2.75, 3.05) is 12.4 Å². The standard InChI is InChI=1S/C17H14N8O2/c1-27-12-4-2-3-11(5-12)13-6-14(24-23-13)17(26)22-15-7-16(20-9-19-15)25-10-18-8-21-25/h2-10H,1H3,(H,23,24)(H,19,20,22,26). The monoisotopic (exact) mass is 362 g/mol. The van der Waals surface area contributed by atoms with Crippen molar-refractivity contribution in [1.82, 2.24) is 34.9 Å². The summed E-state index contributed by atoms with van der Waals surface area (Å²) in [5.74, 6) is 1.15. The Kier molecular flexibility index (Phi) is 4.27. The number of methoxy groups -OCH3 is 1. The fourth-order valence-electron chi connectivity index (χ4n) is 2.42. The summed E-state index contributed by atoms with van der Waals surface area (Å²) < 4.78 is 6.68. The molecule has 0 saturated heterocycles. The minimum atomic E-state index is -0.375. The van der Waals surface area contributed by atoms with Crippen LogP contribution in [-0.2, 0) is 0 Å². The summed E-state index contributed by atoms with van der Waals surface area (Å²) in [5, 5.41) is 13.6. The van der Waals surface area contributed by atoms with Crippen LogP contribution in [-0.4, -0.2) is 47.9 Å². The van der Waals surface area contributed by atoms with Crippen LogP contribution in [0.25, 0.3) is 17.1 Å². The van der Waals surface area contributed by atoms with Crippen molar-refractivity contribution in [2.45, 2.75) is 0 Å². The number of aromatic nitrogens is 7. The predicted octanol–water partition coefficient (Wildman–Crippen LogP) is 1.71. The molecule has 0 radical (unpaired) electrons. The van der Waals surface area contributed by atoms with E-state index in [2.05, 4.69) is 35.6 Å². The first-order valence-corrected chi connectivity index (χ1v) is 7.91. The van der Waals surface area contributed by atoms with Crippen molar-refractivity contribution >= 4 is 11.7 Å². The molecule has 3 heterocycles. The molecule has 0 atom stereocenters. The van der Waals surface area contributed by atoms with E-state index in [0.29, 0.717) is 28.8 Å². The first-order chi connectivity index (χ1) is 13.2. The van der Waals surface area contributed by atoms with E-state index >= 15 is 0 Å². The maximum Gasteiger partial charge on any atom is 0.274 e. The highest BCUT2D eigenvalue weighted by molar-refractivity contribution is 6.03. The number of nitrogens with one attached hydrogen (secondary N) is 2. The quantitative estimate of drug-likeness (QED) is 0.554. The van der Waals surface area contributed by atoms with Gasteiger partial charge in [-0.25, -0.2) is 19.6 Å². The van der Waals surface area contributed by atoms with E-state index in [-0.39, 0.29) is 5.91 Å². The summed E-state index contributed by atoms with van der Waals surface area (Å²) in [6.45, 7) is 0. The van der Waals surface area contributed by atoms with Crippen molar-refractivity contribution in [3.8, 4) is 22.8 Å². The lowest BCUT2D eigenvalue weighted by Crippen LogP contribution is -2.14. The highest BCUT2D eigenvalue weighted by atomic mass is 16.5. The molecule has 0 unspecified atom stereocenters. The van der Waals surface area contributed by atoms with E-state index in [0.717, 1.165) is 5.56 Å². The fraction of sp³-hybridized carbons (Fsp3) is 0.0588. The normalized spacial score (nSPS) is 10.6. The zero-order valence-corrected chi connectivity index (χ0v) is 14.2. The largest absolute Gasteiger partial charge is 0.497 e. The van der Waals surface area contributed by atoms with Crippen LogP contribution in [0.2, 0.25) is 0 Å². The number of ether oxygens (including phenoxy) is 1. The van der Waals surface area contributed by atoms with Crippen LogP contribution in [0.1, 0.15) is 10.5 Å². The average molecular weight is 362 g/mol. The van der Waals surface area contributed by atoms with E-state index in [1.54, 1.807) is 19.2 Å². The number of carbonyl (C=O) groups is 1. The first kappa shape index (κ1) is 16.4. The number of aromatic amines is 1. The van der Waals surface area contributed by atoms with Crippen LogP contribution < -0.4 is 10.1 Å². The smallest absolute Gasteiger partial charge is 0.274 e. The van der Waals surface area contributed by atoms with Crippen molar-refractivity contribution in [2.24, 2.45) is 0 Å². The van der Waals surface area contributed by atoms with E-state index in [1.807, 2.05) is 24.3 Å². The van der Waals surface area contributed by atoms with Crippen molar-refractivity contribution in [3.05, 3.63) is 61.1 Å². The van der Waals surface area contributed by atoms with Crippen molar-refractivity contribution in [1.29, 1.82) is 0 Å². The van der Waals surface area contributed by atoms with Gasteiger partial charge in [0.05, 0.1) is 12.8 Å². The van der Waals surface area contributed by atoms with Crippen LogP contribution >= 0.6 is 0 Å². The highest BCUT2D eigenvalue weighted by Crippen LogP contribution is 2.22. The molecule has 0 spiro atoms. The zero-order chi connectivity index (χ0) is 18.6. The molecule has 0 bridgehead atoms. The third-order valence-electron chi connectivity index (χ3n) is 3.74. The van der Waals surface area contributed by atoms with Crippen molar-refractivity contribution < 1.29 is 9.53 Å². The lowest BCUT2D eigenvalue weighted by atomic mass is 10.1. The molecule has 0 fully saturated rings. The Labute approximate surface area is 153 Å². The highest BCUT2D eigenvalue weighted by Gasteiger charge is 2.13. The Morgan fingerprint density at radius 1 is 1.19 bits per heavy atom. The summed E-state index contributed by atoms with van der Waals surface area (Å²) in [7, 11) is 1.60. The molecule has 10 heteroatoms. The van der Waals surface area contributed by atoms with Crippen LogP contribution in [0, 0.1) is 0 Å². The van der Waals surface area contributed by atoms with Gasteiger partial charge in [0.25, 0.3) is 5.91 Å². The molecule has 3 aromatic heterocycles. The summed E-state index contributed by atoms with van der Waals surface area (Å²) in [6.07, 6.45) is 4.23. The molecule has 4 rings (SSSR count). The SMILES string of the molecule is COc1cccc(-c2cc(C(=O)Nc3cc(-n4cncn4)ncn3)[nH]n2)c1. The lowest BCUT2D eigenvalue weighted by molar-refractivity contribution is 0.102. The number of carbonyl (C=O) groups excluding carboxylic acids is 1. The summed E-state index contributed by atoms with van der Waals surface area (Å²) in [4.78, 5) is 24.5. The second kappa shape index (κ2) is 7.04. The van der Waals surface area contributed by atoms with Gasteiger partial charge >= 0.3 is 0 Å². The second-order valence-electron chi connectivity index (χ2n) is 5.45. The Balaban J connectivity index is 1.52. The number of amides is 1. The number of hydrogen-bond acceptors (Lipinski definition) is 7. The maximum absolute atomic E-state index is 12.5. The minimum Gasteiger partial charge on any atom is -0.497 e. The molecule has 4 aromatic rings. The number of anilines is 1. The molecule has 27 heavy (non-hydrogen) atoms. The van der Waals surface area contributed by atoms with Crippen LogP contribution in [0.5, 0.6) is 5.75 Å². The lowest BCUT2D eigenvalue weighted by Gasteiger charge is -2.04. The number of rotatable bonds is 5. The Hall–Kier alpha value is -4.08. The Morgan fingerprint density at radius 3 is 2.93 bits per heavy atom. The molecule has 0 aliphatic carbocycles. The number of hydrogen-bond donors (Lipinski definition) is 2. The van der Waals surface area contributed by atoms with Gasteiger partial charge in [0.1, 0.15) is 36.2 Å². The summed E-state index contributed by atoms with van der Waals surface area (Å²) >= 11 is 0. The number of nitrogens with zero attached hydrogens (tertiary/aromatic N) is 6. The fourth-order valence-corrected chi connectivity index (χ4v) is 2.42. The van der Waals surface area contributed by atoms with E-state index in [4.69, 9.17) is 4.74 Å². The van der Waals surface area contributed by atoms with Gasteiger partial charge < -0.3 is 10.1 Å². The van der Waals surface area contributed by atoms with Crippen LogP contribution in [0.4, 0.5) is 5.82 Å². The molecular weight excluding hydrogens is 348 g/mol. The van der Waals surface area contributed by atoms with Gasteiger partial charge in [-0.05, 0) is 18.2 Å². The average Bonchev–Trinajstić information content (AvgIpc) is 3.40. The van der Waals surface area contributed by atoms with Gasteiger partial charge in [0.2, 0.25) is 0 Å². The van der Waals surface area contributed by atoms with E-state index in [1.165, 1.54) is 23.7 Å². The molecule has 2 N–H and O–H groups in total. The summed E-state index contributed by atoms with van der Waals surface area (Å²) in [6, 6.07) is 10.7. The molecule has 1 aromatic carbocycles. The van der Waals surface area contributed by atoms with Gasteiger partial charge in [-0.1, -0.05) is 12.1 Å². The van der Waals surface area contributed by atoms with Gasteiger partial charge in [-0.2, -0.15) is 10.2 Å². The molecule has 0 saturated carbocycles. The van der Waals surface area contributed by atoms with Gasteiger partial charge in [0, 0.05) is 11.6 Å². The van der Waals surface area contributed by atoms with Gasteiger partial charge in [-0.3, -0.25) is 9.89 Å². The van der Waals surface area contributed by atoms with Crippen molar-refractivity contribution in [3.63, 3.8) is 0 Å². The second-order valence-corrected chi connectivity index (χ2v) is 5.45. The third kappa shape index (κ3) is 3.49. The van der Waals surface area contributed by atoms with Gasteiger partial charge in [0.15, 0.2) is 5.82 Å².